The molecule has 0 amide bonds. The van der Waals surface area contributed by atoms with Gasteiger partial charge in [-0.1, -0.05) is 22.0 Å². The Balaban J connectivity index is 2.58. The van der Waals surface area contributed by atoms with E-state index < -0.39 is 26.6 Å². The van der Waals surface area contributed by atoms with Crippen LogP contribution in [0.25, 0.3) is 0 Å². The molecule has 0 atom stereocenters. The first-order chi connectivity index (χ1) is 9.75. The van der Waals surface area contributed by atoms with Crippen molar-refractivity contribution in [1.82, 2.24) is 0 Å². The number of hydrogen-bond donors (Lipinski definition) is 0. The van der Waals surface area contributed by atoms with Gasteiger partial charge in [-0.05, 0) is 42.8 Å². The van der Waals surface area contributed by atoms with Gasteiger partial charge in [-0.25, -0.2) is 17.2 Å². The van der Waals surface area contributed by atoms with Gasteiger partial charge in [-0.15, -0.1) is 0 Å². The van der Waals surface area contributed by atoms with Crippen LogP contribution in [0.4, 0.5) is 14.5 Å². The van der Waals surface area contributed by atoms with Crippen molar-refractivity contribution in [3.63, 3.8) is 0 Å². The van der Waals surface area contributed by atoms with Crippen LogP contribution in [0.3, 0.4) is 0 Å². The average Bonchev–Trinajstić information content (AvgIpc) is 2.37. The molecule has 0 N–H and O–H groups in total. The number of halogens is 3. The van der Waals surface area contributed by atoms with Gasteiger partial charge in [0, 0.05) is 11.5 Å². The molecule has 0 saturated carbocycles. The summed E-state index contributed by atoms with van der Waals surface area (Å²) in [4.78, 5) is -0.949. The maximum absolute atomic E-state index is 13.7. The standard InChI is InChI=1S/C14H12BrF2NO2S/c1-9-8-10(15)6-7-13(9)18(2)21(19,20)14-11(16)4-3-5-12(14)17/h3-8H,1-2H3. The predicted octanol–water partition coefficient (Wildman–Crippen LogP) is 3.86. The predicted molar refractivity (Wildman–Crippen MR) is 80.8 cm³/mol. The van der Waals surface area contributed by atoms with Crippen molar-refractivity contribution in [1.29, 1.82) is 0 Å². The number of sulfonamides is 1. The van der Waals surface area contributed by atoms with Crippen molar-refractivity contribution in [2.75, 3.05) is 11.4 Å². The van der Waals surface area contributed by atoms with Crippen LogP contribution >= 0.6 is 15.9 Å². The normalized spacial score (nSPS) is 11.5. The molecular weight excluding hydrogens is 364 g/mol. The van der Waals surface area contributed by atoms with Crippen molar-refractivity contribution >= 4 is 31.6 Å². The summed E-state index contributed by atoms with van der Waals surface area (Å²) in [7, 11) is -3.06. The van der Waals surface area contributed by atoms with Gasteiger partial charge in [-0.3, -0.25) is 4.31 Å². The molecule has 0 unspecified atom stereocenters. The molecule has 2 aromatic carbocycles. The Kier molecular flexibility index (Phi) is 4.34. The van der Waals surface area contributed by atoms with E-state index in [0.717, 1.165) is 27.0 Å². The molecule has 3 nitrogen and oxygen atoms in total. The third-order valence-corrected chi connectivity index (χ3v) is 5.35. The molecule has 0 bridgehead atoms. The fourth-order valence-corrected chi connectivity index (χ4v) is 3.81. The topological polar surface area (TPSA) is 37.4 Å². The van der Waals surface area contributed by atoms with Crippen molar-refractivity contribution < 1.29 is 17.2 Å². The summed E-state index contributed by atoms with van der Waals surface area (Å²) in [5, 5.41) is 0. The summed E-state index contributed by atoms with van der Waals surface area (Å²) >= 11 is 3.28. The number of benzene rings is 2. The molecule has 0 spiro atoms. The van der Waals surface area contributed by atoms with Gasteiger partial charge in [0.2, 0.25) is 0 Å². The third-order valence-electron chi connectivity index (χ3n) is 3.04. The lowest BCUT2D eigenvalue weighted by Gasteiger charge is -2.22. The van der Waals surface area contributed by atoms with Gasteiger partial charge >= 0.3 is 0 Å². The van der Waals surface area contributed by atoms with E-state index in [1.165, 1.54) is 7.05 Å². The molecule has 0 aliphatic carbocycles. The highest BCUT2D eigenvalue weighted by Gasteiger charge is 2.29. The molecule has 0 radical (unpaired) electrons. The van der Waals surface area contributed by atoms with Crippen LogP contribution in [0.2, 0.25) is 0 Å². The van der Waals surface area contributed by atoms with E-state index in [4.69, 9.17) is 0 Å². The zero-order valence-corrected chi connectivity index (χ0v) is 13.7. The first-order valence-corrected chi connectivity index (χ1v) is 8.17. The van der Waals surface area contributed by atoms with E-state index in [1.807, 2.05) is 0 Å². The first-order valence-electron chi connectivity index (χ1n) is 5.94. The van der Waals surface area contributed by atoms with Crippen LogP contribution in [-0.4, -0.2) is 15.5 Å². The first kappa shape index (κ1) is 15.9. The van der Waals surface area contributed by atoms with E-state index in [1.54, 1.807) is 25.1 Å². The molecule has 0 aliphatic rings. The number of rotatable bonds is 3. The number of aryl methyl sites for hydroxylation is 1. The van der Waals surface area contributed by atoms with Crippen LogP contribution < -0.4 is 4.31 Å². The Bertz CT molecular complexity index is 773. The molecule has 2 rings (SSSR count). The highest BCUT2D eigenvalue weighted by atomic mass is 79.9. The van der Waals surface area contributed by atoms with Gasteiger partial charge < -0.3 is 0 Å². The zero-order valence-electron chi connectivity index (χ0n) is 11.3. The Morgan fingerprint density at radius 1 is 1.10 bits per heavy atom. The highest BCUT2D eigenvalue weighted by molar-refractivity contribution is 9.10. The lowest BCUT2D eigenvalue weighted by atomic mass is 10.2. The molecule has 0 heterocycles. The van der Waals surface area contributed by atoms with Crippen LogP contribution in [0.5, 0.6) is 0 Å². The molecule has 0 aliphatic heterocycles. The van der Waals surface area contributed by atoms with E-state index in [2.05, 4.69) is 15.9 Å². The minimum atomic E-state index is -4.32. The minimum Gasteiger partial charge on any atom is -0.269 e. The second-order valence-electron chi connectivity index (χ2n) is 4.45. The fourth-order valence-electron chi connectivity index (χ4n) is 1.97. The zero-order chi connectivity index (χ0) is 15.8. The number of hydrogen-bond acceptors (Lipinski definition) is 2. The Labute approximate surface area is 130 Å². The lowest BCUT2D eigenvalue weighted by Crippen LogP contribution is -2.28. The van der Waals surface area contributed by atoms with E-state index in [9.17, 15) is 17.2 Å². The summed E-state index contributed by atoms with van der Waals surface area (Å²) < 4.78 is 54.0. The second kappa shape index (κ2) is 5.73. The van der Waals surface area contributed by atoms with Gasteiger partial charge in [0.25, 0.3) is 10.0 Å². The van der Waals surface area contributed by atoms with E-state index in [-0.39, 0.29) is 0 Å². The molecule has 0 saturated heterocycles. The summed E-state index contributed by atoms with van der Waals surface area (Å²) in [6, 6.07) is 7.89. The Hall–Kier alpha value is -1.47. The van der Waals surface area contributed by atoms with E-state index >= 15 is 0 Å². The highest BCUT2D eigenvalue weighted by Crippen LogP contribution is 2.29. The molecule has 21 heavy (non-hydrogen) atoms. The second-order valence-corrected chi connectivity index (χ2v) is 7.28. The Morgan fingerprint density at radius 3 is 2.19 bits per heavy atom. The SMILES string of the molecule is Cc1cc(Br)ccc1N(C)S(=O)(=O)c1c(F)cccc1F. The maximum Gasteiger partial charge on any atom is 0.269 e. The molecular formula is C14H12BrF2NO2S. The monoisotopic (exact) mass is 375 g/mol. The van der Waals surface area contributed by atoms with Gasteiger partial charge in [-0.2, -0.15) is 0 Å². The number of anilines is 1. The average molecular weight is 376 g/mol. The smallest absolute Gasteiger partial charge is 0.269 e. The van der Waals surface area contributed by atoms with Gasteiger partial charge in [0.15, 0.2) is 4.90 Å². The third kappa shape index (κ3) is 2.94. The summed E-state index contributed by atoms with van der Waals surface area (Å²) in [5.41, 5.74) is 1.01. The van der Waals surface area contributed by atoms with Crippen LogP contribution in [0.15, 0.2) is 45.8 Å². The van der Waals surface area contributed by atoms with Crippen LogP contribution in [-0.2, 0) is 10.0 Å². The fraction of sp³-hybridized carbons (Fsp3) is 0.143. The van der Waals surface area contributed by atoms with Gasteiger partial charge in [0.1, 0.15) is 11.6 Å². The van der Waals surface area contributed by atoms with Crippen molar-refractivity contribution in [2.24, 2.45) is 0 Å². The molecule has 2 aromatic rings. The van der Waals surface area contributed by atoms with Gasteiger partial charge in [0.05, 0.1) is 5.69 Å². The van der Waals surface area contributed by atoms with Crippen LogP contribution in [0.1, 0.15) is 5.56 Å². The summed E-state index contributed by atoms with van der Waals surface area (Å²) in [6.07, 6.45) is 0. The molecule has 0 fully saturated rings. The van der Waals surface area contributed by atoms with Crippen molar-refractivity contribution in [3.05, 3.63) is 58.1 Å². The molecule has 7 heteroatoms. The Morgan fingerprint density at radius 2 is 1.67 bits per heavy atom. The largest absolute Gasteiger partial charge is 0.269 e. The quantitative estimate of drug-likeness (QED) is 0.816. The van der Waals surface area contributed by atoms with Crippen LogP contribution in [0, 0.1) is 18.6 Å². The molecule has 112 valence electrons. The van der Waals surface area contributed by atoms with E-state index in [0.29, 0.717) is 11.3 Å². The summed E-state index contributed by atoms with van der Waals surface area (Å²) in [6.45, 7) is 1.71. The van der Waals surface area contributed by atoms with Crippen molar-refractivity contribution in [3.8, 4) is 0 Å². The van der Waals surface area contributed by atoms with Crippen molar-refractivity contribution in [2.45, 2.75) is 11.8 Å². The minimum absolute atomic E-state index is 0.348. The maximum atomic E-state index is 13.7. The lowest BCUT2D eigenvalue weighted by molar-refractivity contribution is 0.518. The number of nitrogens with zero attached hydrogens (tertiary/aromatic N) is 1. The summed E-state index contributed by atoms with van der Waals surface area (Å²) in [5.74, 6) is -2.23. The molecule has 0 aromatic heterocycles.